The molecule has 1 N–H and O–H groups in total. The molecule has 0 aliphatic heterocycles. The highest BCUT2D eigenvalue weighted by Gasteiger charge is 2.09. The van der Waals surface area contributed by atoms with E-state index in [1.165, 1.54) is 7.11 Å². The summed E-state index contributed by atoms with van der Waals surface area (Å²) in [7, 11) is 2.95. The number of ether oxygens (including phenoxy) is 1. The molecule has 0 aliphatic carbocycles. The van der Waals surface area contributed by atoms with E-state index in [-0.39, 0.29) is 0 Å². The van der Waals surface area contributed by atoms with Gasteiger partial charge in [-0.3, -0.25) is 4.18 Å². The molecule has 5 nitrogen and oxygen atoms in total. The molecule has 0 aliphatic rings. The average Bonchev–Trinajstić information content (AvgIpc) is 2.70. The lowest BCUT2D eigenvalue weighted by Crippen LogP contribution is -1.94. The minimum atomic E-state index is -1.54. The number of fused-ring (bicyclic) bond motifs is 1. The molecule has 0 fully saturated rings. The monoisotopic (exact) mass is 226 g/mol. The van der Waals surface area contributed by atoms with Gasteiger partial charge in [0.05, 0.1) is 25.3 Å². The van der Waals surface area contributed by atoms with Crippen LogP contribution < -0.4 is 4.74 Å². The van der Waals surface area contributed by atoms with Crippen LogP contribution in [0.15, 0.2) is 23.4 Å². The molecule has 0 spiro atoms. The first-order valence-electron chi connectivity index (χ1n) is 4.24. The van der Waals surface area contributed by atoms with E-state index < -0.39 is 11.1 Å². The largest absolute Gasteiger partial charge is 0.497 e. The summed E-state index contributed by atoms with van der Waals surface area (Å²) in [5.41, 5.74) is 1.51. The van der Waals surface area contributed by atoms with E-state index in [1.807, 2.05) is 0 Å². The Hall–Kier alpha value is -1.40. The van der Waals surface area contributed by atoms with Gasteiger partial charge in [0, 0.05) is 6.07 Å². The Morgan fingerprint density at radius 1 is 1.40 bits per heavy atom. The molecule has 0 saturated heterocycles. The van der Waals surface area contributed by atoms with Crippen molar-refractivity contribution in [2.75, 3.05) is 14.2 Å². The summed E-state index contributed by atoms with van der Waals surface area (Å²) in [5, 5.41) is 0.306. The van der Waals surface area contributed by atoms with Crippen molar-refractivity contribution >= 4 is 22.1 Å². The number of methoxy groups -OCH3 is 1. The molecule has 1 aromatic carbocycles. The second-order valence-electron chi connectivity index (χ2n) is 2.83. The topological polar surface area (TPSA) is 64.2 Å². The number of aromatic nitrogens is 2. The lowest BCUT2D eigenvalue weighted by molar-refractivity contribution is 0.415. The number of nitrogens with one attached hydrogen (secondary N) is 1. The molecule has 2 aromatic rings. The summed E-state index contributed by atoms with van der Waals surface area (Å²) in [4.78, 5) is 7.03. The summed E-state index contributed by atoms with van der Waals surface area (Å²) in [6.07, 6.45) is 0. The third-order valence-electron chi connectivity index (χ3n) is 1.98. The number of aromatic amines is 1. The Bertz CT molecular complexity index is 509. The van der Waals surface area contributed by atoms with Gasteiger partial charge in [-0.25, -0.2) is 9.19 Å². The highest BCUT2D eigenvalue weighted by atomic mass is 32.2. The van der Waals surface area contributed by atoms with Crippen LogP contribution in [0.4, 0.5) is 0 Å². The second kappa shape index (κ2) is 4.00. The molecule has 6 heteroatoms. The SMILES string of the molecule is COc1ccc2nc(S(=O)OC)[nH]c2c1. The van der Waals surface area contributed by atoms with Crippen molar-refractivity contribution in [2.45, 2.75) is 5.16 Å². The molecular weight excluding hydrogens is 216 g/mol. The molecule has 0 bridgehead atoms. The normalized spacial score (nSPS) is 12.9. The Labute approximate surface area is 89.1 Å². The van der Waals surface area contributed by atoms with E-state index in [4.69, 9.17) is 4.74 Å². The van der Waals surface area contributed by atoms with Crippen LogP contribution in [0, 0.1) is 0 Å². The van der Waals surface area contributed by atoms with E-state index in [9.17, 15) is 4.21 Å². The van der Waals surface area contributed by atoms with Crippen LogP contribution in [0.5, 0.6) is 5.75 Å². The summed E-state index contributed by atoms with van der Waals surface area (Å²) in [6.45, 7) is 0. The molecule has 2 rings (SSSR count). The fraction of sp³-hybridized carbons (Fsp3) is 0.222. The summed E-state index contributed by atoms with van der Waals surface area (Å²) in [6, 6.07) is 5.38. The molecule has 0 radical (unpaired) electrons. The number of rotatable bonds is 3. The second-order valence-corrected chi connectivity index (χ2v) is 4.02. The average molecular weight is 226 g/mol. The van der Waals surface area contributed by atoms with Gasteiger partial charge in [0.25, 0.3) is 0 Å². The lowest BCUT2D eigenvalue weighted by atomic mass is 10.3. The van der Waals surface area contributed by atoms with Crippen LogP contribution in [0.2, 0.25) is 0 Å². The number of H-pyrrole nitrogens is 1. The molecule has 80 valence electrons. The van der Waals surface area contributed by atoms with Gasteiger partial charge in [-0.2, -0.15) is 0 Å². The van der Waals surface area contributed by atoms with E-state index in [1.54, 1.807) is 25.3 Å². The Kier molecular flexibility index (Phi) is 2.70. The molecular formula is C9H10N2O3S. The first-order valence-corrected chi connectivity index (χ1v) is 5.32. The van der Waals surface area contributed by atoms with Crippen molar-refractivity contribution in [1.82, 2.24) is 9.97 Å². The quantitative estimate of drug-likeness (QED) is 0.855. The predicted octanol–water partition coefficient (Wildman–Crippen LogP) is 1.24. The standard InChI is InChI=1S/C9H10N2O3S/c1-13-6-3-4-7-8(5-6)11-9(10-7)15(12)14-2/h3-5H,1-2H3,(H,10,11). The lowest BCUT2D eigenvalue weighted by Gasteiger charge is -1.96. The zero-order valence-corrected chi connectivity index (χ0v) is 9.13. The van der Waals surface area contributed by atoms with Gasteiger partial charge in [0.2, 0.25) is 16.2 Å². The van der Waals surface area contributed by atoms with Gasteiger partial charge in [-0.1, -0.05) is 0 Å². The van der Waals surface area contributed by atoms with Crippen molar-refractivity contribution < 1.29 is 13.1 Å². The minimum absolute atomic E-state index is 0.306. The van der Waals surface area contributed by atoms with Gasteiger partial charge >= 0.3 is 0 Å². The van der Waals surface area contributed by atoms with Crippen LogP contribution >= 0.6 is 0 Å². The van der Waals surface area contributed by atoms with Gasteiger partial charge in [-0.15, -0.1) is 0 Å². The Morgan fingerprint density at radius 2 is 2.20 bits per heavy atom. The summed E-state index contributed by atoms with van der Waals surface area (Å²) < 4.78 is 21.0. The summed E-state index contributed by atoms with van der Waals surface area (Å²) in [5.74, 6) is 0.723. The van der Waals surface area contributed by atoms with Crippen LogP contribution in [0.25, 0.3) is 11.0 Å². The van der Waals surface area contributed by atoms with Gasteiger partial charge < -0.3 is 9.72 Å². The van der Waals surface area contributed by atoms with Crippen molar-refractivity contribution in [3.63, 3.8) is 0 Å². The Balaban J connectivity index is 2.51. The van der Waals surface area contributed by atoms with Crippen LogP contribution in [-0.4, -0.2) is 28.4 Å². The van der Waals surface area contributed by atoms with Gasteiger partial charge in [0.15, 0.2) is 0 Å². The number of hydrogen-bond acceptors (Lipinski definition) is 4. The van der Waals surface area contributed by atoms with Crippen molar-refractivity contribution in [1.29, 1.82) is 0 Å². The highest BCUT2D eigenvalue weighted by Crippen LogP contribution is 2.19. The van der Waals surface area contributed by atoms with Crippen LogP contribution in [-0.2, 0) is 15.3 Å². The third-order valence-corrected chi connectivity index (χ3v) is 2.79. The maximum Gasteiger partial charge on any atom is 0.226 e. The molecule has 1 aromatic heterocycles. The first kappa shape index (κ1) is 10.1. The van der Waals surface area contributed by atoms with E-state index in [2.05, 4.69) is 14.2 Å². The van der Waals surface area contributed by atoms with E-state index in [0.29, 0.717) is 5.16 Å². The predicted molar refractivity (Wildman–Crippen MR) is 56.1 cm³/mol. The number of benzene rings is 1. The molecule has 0 amide bonds. The Morgan fingerprint density at radius 3 is 2.87 bits per heavy atom. The molecule has 1 atom stereocenters. The van der Waals surface area contributed by atoms with Crippen LogP contribution in [0.3, 0.4) is 0 Å². The fourth-order valence-electron chi connectivity index (χ4n) is 1.25. The van der Waals surface area contributed by atoms with Crippen molar-refractivity contribution in [3.05, 3.63) is 18.2 Å². The summed E-state index contributed by atoms with van der Waals surface area (Å²) >= 11 is -1.54. The molecule has 0 saturated carbocycles. The maximum absolute atomic E-state index is 11.3. The van der Waals surface area contributed by atoms with E-state index >= 15 is 0 Å². The molecule has 1 unspecified atom stereocenters. The van der Waals surface area contributed by atoms with E-state index in [0.717, 1.165) is 16.8 Å². The zero-order valence-electron chi connectivity index (χ0n) is 8.31. The van der Waals surface area contributed by atoms with Crippen molar-refractivity contribution in [3.8, 4) is 5.75 Å². The number of nitrogens with zero attached hydrogens (tertiary/aromatic N) is 1. The minimum Gasteiger partial charge on any atom is -0.497 e. The highest BCUT2D eigenvalue weighted by molar-refractivity contribution is 7.80. The van der Waals surface area contributed by atoms with Gasteiger partial charge in [0.1, 0.15) is 5.75 Å². The number of imidazole rings is 1. The van der Waals surface area contributed by atoms with Crippen LogP contribution in [0.1, 0.15) is 0 Å². The molecule has 1 heterocycles. The maximum atomic E-state index is 11.3. The van der Waals surface area contributed by atoms with Crippen molar-refractivity contribution in [2.24, 2.45) is 0 Å². The smallest absolute Gasteiger partial charge is 0.226 e. The first-order chi connectivity index (χ1) is 7.24. The third kappa shape index (κ3) is 1.86. The molecule has 15 heavy (non-hydrogen) atoms. The fourth-order valence-corrected chi connectivity index (χ4v) is 1.77. The van der Waals surface area contributed by atoms with Gasteiger partial charge in [-0.05, 0) is 12.1 Å². The number of hydrogen-bond donors (Lipinski definition) is 1. The zero-order chi connectivity index (χ0) is 10.8.